The highest BCUT2D eigenvalue weighted by atomic mass is 16.6. The standard InChI is InChI=1S/C29H30N2O5/c1-34-26-15-7-9-19(27(26)35-2)17-30-28(32)25-14-8-16-31(25)29(33)36-18-24-22-12-5-3-10-20(22)21-11-4-6-13-23(21)24/h3-7,9-13,15,24-25H,8,14,16-18H2,1-2H3,(H,30,32)/t25-/m0/s1. The van der Waals surface area contributed by atoms with Gasteiger partial charge in [0.05, 0.1) is 14.2 Å². The van der Waals surface area contributed by atoms with E-state index < -0.39 is 12.1 Å². The van der Waals surface area contributed by atoms with Crippen molar-refractivity contribution in [2.75, 3.05) is 27.4 Å². The van der Waals surface area contributed by atoms with Crippen molar-refractivity contribution in [1.29, 1.82) is 0 Å². The van der Waals surface area contributed by atoms with Crippen LogP contribution in [0.25, 0.3) is 11.1 Å². The lowest BCUT2D eigenvalue weighted by Gasteiger charge is -2.24. The van der Waals surface area contributed by atoms with Crippen molar-refractivity contribution in [3.8, 4) is 22.6 Å². The van der Waals surface area contributed by atoms with Gasteiger partial charge in [0.15, 0.2) is 11.5 Å². The third-order valence-electron chi connectivity index (χ3n) is 7.06. The molecule has 2 aliphatic rings. The molecule has 1 aliphatic heterocycles. The largest absolute Gasteiger partial charge is 0.493 e. The summed E-state index contributed by atoms with van der Waals surface area (Å²) < 4.78 is 16.6. The maximum Gasteiger partial charge on any atom is 0.410 e. The van der Waals surface area contributed by atoms with Crippen LogP contribution in [0.2, 0.25) is 0 Å². The molecule has 3 aromatic carbocycles. The highest BCUT2D eigenvalue weighted by Gasteiger charge is 2.36. The molecule has 0 spiro atoms. The number of likely N-dealkylation sites (tertiary alicyclic amines) is 1. The molecule has 0 radical (unpaired) electrons. The zero-order valence-corrected chi connectivity index (χ0v) is 20.5. The summed E-state index contributed by atoms with van der Waals surface area (Å²) in [6, 6.07) is 21.4. The van der Waals surface area contributed by atoms with Gasteiger partial charge in [0.25, 0.3) is 0 Å². The van der Waals surface area contributed by atoms with E-state index in [1.807, 2.05) is 36.4 Å². The Kier molecular flexibility index (Phi) is 6.80. The van der Waals surface area contributed by atoms with Gasteiger partial charge < -0.3 is 19.5 Å². The quantitative estimate of drug-likeness (QED) is 0.522. The Hall–Kier alpha value is -4.00. The minimum atomic E-state index is -0.558. The summed E-state index contributed by atoms with van der Waals surface area (Å²) in [6.45, 7) is 1.00. The predicted molar refractivity (Wildman–Crippen MR) is 136 cm³/mol. The van der Waals surface area contributed by atoms with Gasteiger partial charge in [-0.2, -0.15) is 0 Å². The normalized spacial score (nSPS) is 16.3. The minimum absolute atomic E-state index is 0.0169. The van der Waals surface area contributed by atoms with E-state index in [1.54, 1.807) is 25.2 Å². The van der Waals surface area contributed by atoms with E-state index in [0.717, 1.165) is 23.1 Å². The summed E-state index contributed by atoms with van der Waals surface area (Å²) in [7, 11) is 3.14. The monoisotopic (exact) mass is 486 g/mol. The van der Waals surface area contributed by atoms with Crippen molar-refractivity contribution in [2.24, 2.45) is 0 Å². The zero-order valence-electron chi connectivity index (χ0n) is 20.5. The number of benzene rings is 3. The van der Waals surface area contributed by atoms with Crippen LogP contribution in [0.4, 0.5) is 4.79 Å². The topological polar surface area (TPSA) is 77.1 Å². The molecule has 7 heteroatoms. The number of hydrogen-bond donors (Lipinski definition) is 1. The highest BCUT2D eigenvalue weighted by molar-refractivity contribution is 5.86. The lowest BCUT2D eigenvalue weighted by Crippen LogP contribution is -2.46. The van der Waals surface area contributed by atoms with Gasteiger partial charge in [-0.1, -0.05) is 60.7 Å². The molecule has 2 amide bonds. The molecule has 0 aromatic heterocycles. The highest BCUT2D eigenvalue weighted by Crippen LogP contribution is 2.44. The number of methoxy groups -OCH3 is 2. The lowest BCUT2D eigenvalue weighted by molar-refractivity contribution is -0.125. The fourth-order valence-electron chi connectivity index (χ4n) is 5.33. The van der Waals surface area contributed by atoms with E-state index in [0.29, 0.717) is 24.5 Å². The summed E-state index contributed by atoms with van der Waals surface area (Å²) in [6.07, 6.45) is 0.907. The fraction of sp³-hybridized carbons (Fsp3) is 0.310. The SMILES string of the molecule is COc1cccc(CNC(=O)[C@@H]2CCCN2C(=O)OCC2c3ccccc3-c3ccccc32)c1OC. The predicted octanol–water partition coefficient (Wildman–Crippen LogP) is 4.73. The van der Waals surface area contributed by atoms with Crippen LogP contribution in [0.3, 0.4) is 0 Å². The van der Waals surface area contributed by atoms with Crippen LogP contribution >= 0.6 is 0 Å². The molecule has 0 saturated carbocycles. The summed E-state index contributed by atoms with van der Waals surface area (Å²) in [5.41, 5.74) is 5.49. The Labute approximate surface area is 211 Å². The third-order valence-corrected chi connectivity index (χ3v) is 7.06. The molecule has 1 fully saturated rings. The molecule has 36 heavy (non-hydrogen) atoms. The number of nitrogens with one attached hydrogen (secondary N) is 1. The fourth-order valence-corrected chi connectivity index (χ4v) is 5.33. The molecule has 1 atom stereocenters. The Bertz CT molecular complexity index is 1230. The van der Waals surface area contributed by atoms with Crippen LogP contribution in [-0.2, 0) is 16.1 Å². The molecule has 3 aromatic rings. The zero-order chi connectivity index (χ0) is 25.1. The van der Waals surface area contributed by atoms with Crippen molar-refractivity contribution in [3.05, 3.63) is 83.4 Å². The van der Waals surface area contributed by atoms with Crippen LogP contribution in [0, 0.1) is 0 Å². The van der Waals surface area contributed by atoms with Crippen LogP contribution < -0.4 is 14.8 Å². The van der Waals surface area contributed by atoms with Gasteiger partial charge in [0.1, 0.15) is 12.6 Å². The van der Waals surface area contributed by atoms with Crippen LogP contribution in [-0.4, -0.2) is 50.3 Å². The number of hydrogen-bond acceptors (Lipinski definition) is 5. The number of amides is 2. The van der Waals surface area contributed by atoms with E-state index in [9.17, 15) is 9.59 Å². The van der Waals surface area contributed by atoms with Crippen molar-refractivity contribution in [3.63, 3.8) is 0 Å². The first-order valence-corrected chi connectivity index (χ1v) is 12.2. The molecule has 1 aliphatic carbocycles. The molecular weight excluding hydrogens is 456 g/mol. The summed E-state index contributed by atoms with van der Waals surface area (Å²) in [5, 5.41) is 2.95. The van der Waals surface area contributed by atoms with Crippen LogP contribution in [0.5, 0.6) is 11.5 Å². The van der Waals surface area contributed by atoms with Crippen LogP contribution in [0.15, 0.2) is 66.7 Å². The molecule has 7 nitrogen and oxygen atoms in total. The number of fused-ring (bicyclic) bond motifs is 3. The van der Waals surface area contributed by atoms with Crippen molar-refractivity contribution in [1.82, 2.24) is 10.2 Å². The lowest BCUT2D eigenvalue weighted by atomic mass is 9.98. The van der Waals surface area contributed by atoms with Gasteiger partial charge >= 0.3 is 6.09 Å². The number of carbonyl (C=O) groups excluding carboxylic acids is 2. The number of ether oxygens (including phenoxy) is 3. The average Bonchev–Trinajstić information content (AvgIpc) is 3.53. The van der Waals surface area contributed by atoms with Crippen molar-refractivity contribution < 1.29 is 23.8 Å². The van der Waals surface area contributed by atoms with Gasteiger partial charge in [-0.05, 0) is 41.2 Å². The molecular formula is C29H30N2O5. The van der Waals surface area contributed by atoms with Gasteiger partial charge in [-0.15, -0.1) is 0 Å². The summed E-state index contributed by atoms with van der Waals surface area (Å²) in [5.74, 6) is 0.966. The van der Waals surface area contributed by atoms with E-state index in [4.69, 9.17) is 14.2 Å². The Morgan fingerprint density at radius 1 is 0.917 bits per heavy atom. The van der Waals surface area contributed by atoms with Gasteiger partial charge in [0, 0.05) is 24.6 Å². The molecule has 0 unspecified atom stereocenters. The molecule has 5 rings (SSSR count). The third kappa shape index (κ3) is 4.37. The van der Waals surface area contributed by atoms with Gasteiger partial charge in [0.2, 0.25) is 5.91 Å². The molecule has 186 valence electrons. The number of rotatable bonds is 7. The maximum absolute atomic E-state index is 13.1. The summed E-state index contributed by atoms with van der Waals surface area (Å²) in [4.78, 5) is 27.7. The first-order chi connectivity index (χ1) is 17.6. The average molecular weight is 487 g/mol. The van der Waals surface area contributed by atoms with E-state index in [-0.39, 0.29) is 25.0 Å². The first-order valence-electron chi connectivity index (χ1n) is 12.2. The molecule has 1 heterocycles. The number of para-hydroxylation sites is 1. The number of nitrogens with zero attached hydrogens (tertiary/aromatic N) is 1. The Morgan fingerprint density at radius 2 is 1.61 bits per heavy atom. The second kappa shape index (κ2) is 10.3. The van der Waals surface area contributed by atoms with Crippen LogP contribution in [0.1, 0.15) is 35.4 Å². The van der Waals surface area contributed by atoms with E-state index >= 15 is 0 Å². The van der Waals surface area contributed by atoms with Gasteiger partial charge in [-0.25, -0.2) is 4.79 Å². The maximum atomic E-state index is 13.1. The molecule has 0 bridgehead atoms. The Balaban J connectivity index is 1.23. The molecule has 1 saturated heterocycles. The van der Waals surface area contributed by atoms with Gasteiger partial charge in [-0.3, -0.25) is 9.69 Å². The van der Waals surface area contributed by atoms with Crippen molar-refractivity contribution >= 4 is 12.0 Å². The second-order valence-electron chi connectivity index (χ2n) is 9.03. The smallest absolute Gasteiger partial charge is 0.410 e. The Morgan fingerprint density at radius 3 is 2.28 bits per heavy atom. The second-order valence-corrected chi connectivity index (χ2v) is 9.03. The summed E-state index contributed by atoms with van der Waals surface area (Å²) >= 11 is 0. The van der Waals surface area contributed by atoms with E-state index in [1.165, 1.54) is 11.1 Å². The number of carbonyl (C=O) groups is 2. The minimum Gasteiger partial charge on any atom is -0.493 e. The first kappa shape index (κ1) is 23.7. The molecule has 1 N–H and O–H groups in total. The van der Waals surface area contributed by atoms with E-state index in [2.05, 4.69) is 29.6 Å². The van der Waals surface area contributed by atoms with Crippen molar-refractivity contribution in [2.45, 2.75) is 31.3 Å².